The van der Waals surface area contributed by atoms with Crippen molar-refractivity contribution in [1.29, 1.82) is 0 Å². The molecule has 0 aliphatic heterocycles. The molecule has 0 saturated carbocycles. The molecule has 0 unspecified atom stereocenters. The van der Waals surface area contributed by atoms with Crippen LogP contribution < -0.4 is 5.32 Å². The minimum absolute atomic E-state index is 0.208. The number of nitrogens with one attached hydrogen (secondary N) is 1. The number of anilines is 1. The van der Waals surface area contributed by atoms with Crippen LogP contribution in [-0.4, -0.2) is 29.5 Å². The molecule has 1 atom stereocenters. The first-order valence-corrected chi connectivity index (χ1v) is 4.87. The van der Waals surface area contributed by atoms with Gasteiger partial charge in [0.25, 0.3) is 0 Å². The number of aliphatic hydroxyl groups excluding tert-OH is 2. The molecule has 0 aliphatic rings. The minimum atomic E-state index is -0.817. The molecule has 0 radical (unpaired) electrons. The third-order valence-corrected chi connectivity index (χ3v) is 2.32. The molecule has 1 aromatic rings. The van der Waals surface area contributed by atoms with Gasteiger partial charge in [-0.15, -0.1) is 0 Å². The molecule has 0 aromatic heterocycles. The quantitative estimate of drug-likeness (QED) is 0.746. The lowest BCUT2D eigenvalue weighted by molar-refractivity contribution is 0.105. The molecule has 1 rings (SSSR count). The summed E-state index contributed by atoms with van der Waals surface area (Å²) in [6.45, 7) is -0.0883. The maximum absolute atomic E-state index is 9.10. The lowest BCUT2D eigenvalue weighted by Crippen LogP contribution is -2.23. The first-order valence-electron chi connectivity index (χ1n) is 4.12. The standard InChI is InChI=1S/C9H11Cl2NO2/c10-7-2-1-3-8(11)9(7)12-4-6(14)5-13/h1-3,6,12-14H,4-5H2/t6-/m0/s1. The van der Waals surface area contributed by atoms with Gasteiger partial charge < -0.3 is 15.5 Å². The summed E-state index contributed by atoms with van der Waals surface area (Å²) in [7, 11) is 0. The maximum Gasteiger partial charge on any atom is 0.0942 e. The van der Waals surface area contributed by atoms with E-state index in [2.05, 4.69) is 5.32 Å². The fraction of sp³-hybridized carbons (Fsp3) is 0.333. The van der Waals surface area contributed by atoms with Gasteiger partial charge in [-0.1, -0.05) is 29.3 Å². The largest absolute Gasteiger partial charge is 0.394 e. The van der Waals surface area contributed by atoms with Gasteiger partial charge in [-0.2, -0.15) is 0 Å². The summed E-state index contributed by atoms with van der Waals surface area (Å²) in [4.78, 5) is 0. The highest BCUT2D eigenvalue weighted by atomic mass is 35.5. The lowest BCUT2D eigenvalue weighted by atomic mass is 10.3. The molecule has 3 N–H and O–H groups in total. The molecular formula is C9H11Cl2NO2. The number of para-hydroxylation sites is 1. The lowest BCUT2D eigenvalue weighted by Gasteiger charge is -2.12. The topological polar surface area (TPSA) is 52.5 Å². The third kappa shape index (κ3) is 3.03. The molecule has 0 heterocycles. The average Bonchev–Trinajstić information content (AvgIpc) is 2.16. The van der Waals surface area contributed by atoms with Crippen molar-refractivity contribution in [2.24, 2.45) is 0 Å². The first kappa shape index (κ1) is 11.6. The van der Waals surface area contributed by atoms with Crippen LogP contribution in [0.15, 0.2) is 18.2 Å². The van der Waals surface area contributed by atoms with Gasteiger partial charge in [0.1, 0.15) is 0 Å². The summed E-state index contributed by atoms with van der Waals surface area (Å²) < 4.78 is 0. The molecule has 0 fully saturated rings. The van der Waals surface area contributed by atoms with Crippen molar-refractivity contribution in [2.75, 3.05) is 18.5 Å². The Bertz CT molecular complexity index is 287. The van der Waals surface area contributed by atoms with Crippen LogP contribution in [0.1, 0.15) is 0 Å². The van der Waals surface area contributed by atoms with Crippen molar-refractivity contribution < 1.29 is 10.2 Å². The second-order valence-corrected chi connectivity index (χ2v) is 3.63. The van der Waals surface area contributed by atoms with Crippen molar-refractivity contribution in [2.45, 2.75) is 6.10 Å². The second kappa shape index (κ2) is 5.41. The van der Waals surface area contributed by atoms with E-state index in [-0.39, 0.29) is 13.2 Å². The van der Waals surface area contributed by atoms with Crippen LogP contribution in [0, 0.1) is 0 Å². The van der Waals surface area contributed by atoms with E-state index in [0.29, 0.717) is 15.7 Å². The van der Waals surface area contributed by atoms with E-state index >= 15 is 0 Å². The summed E-state index contributed by atoms with van der Waals surface area (Å²) >= 11 is 11.7. The Morgan fingerprint density at radius 1 is 1.29 bits per heavy atom. The van der Waals surface area contributed by atoms with Crippen LogP contribution in [0.25, 0.3) is 0 Å². The predicted octanol–water partition coefficient (Wildman–Crippen LogP) is 1.76. The van der Waals surface area contributed by atoms with Crippen molar-refractivity contribution >= 4 is 28.9 Å². The molecule has 3 nitrogen and oxygen atoms in total. The van der Waals surface area contributed by atoms with Gasteiger partial charge >= 0.3 is 0 Å². The van der Waals surface area contributed by atoms with Crippen molar-refractivity contribution in [1.82, 2.24) is 0 Å². The van der Waals surface area contributed by atoms with Crippen LogP contribution in [0.4, 0.5) is 5.69 Å². The van der Waals surface area contributed by atoms with Crippen LogP contribution in [0.2, 0.25) is 10.0 Å². The summed E-state index contributed by atoms with van der Waals surface area (Å²) in [5.41, 5.74) is 0.573. The summed E-state index contributed by atoms with van der Waals surface area (Å²) in [5, 5.41) is 21.5. The van der Waals surface area contributed by atoms with Gasteiger partial charge in [-0.05, 0) is 12.1 Å². The third-order valence-electron chi connectivity index (χ3n) is 1.69. The molecule has 0 saturated heterocycles. The fourth-order valence-corrected chi connectivity index (χ4v) is 1.48. The molecule has 14 heavy (non-hydrogen) atoms. The normalized spacial score (nSPS) is 12.6. The van der Waals surface area contributed by atoms with Gasteiger partial charge in [0.05, 0.1) is 28.4 Å². The number of hydrogen-bond donors (Lipinski definition) is 3. The second-order valence-electron chi connectivity index (χ2n) is 2.81. The van der Waals surface area contributed by atoms with E-state index in [0.717, 1.165) is 0 Å². The number of halogens is 2. The Balaban J connectivity index is 2.66. The summed E-state index contributed by atoms with van der Waals surface area (Å²) in [5.74, 6) is 0. The number of rotatable bonds is 4. The highest BCUT2D eigenvalue weighted by Crippen LogP contribution is 2.29. The number of hydrogen-bond acceptors (Lipinski definition) is 3. The van der Waals surface area contributed by atoms with E-state index in [4.69, 9.17) is 33.4 Å². The summed E-state index contributed by atoms with van der Waals surface area (Å²) in [6.07, 6.45) is -0.817. The highest BCUT2D eigenvalue weighted by Gasteiger charge is 2.07. The van der Waals surface area contributed by atoms with E-state index < -0.39 is 6.10 Å². The predicted molar refractivity (Wildman–Crippen MR) is 58.0 cm³/mol. The molecule has 0 bridgehead atoms. The molecule has 5 heteroatoms. The van der Waals surface area contributed by atoms with Gasteiger partial charge in [-0.3, -0.25) is 0 Å². The Morgan fingerprint density at radius 2 is 1.86 bits per heavy atom. The zero-order chi connectivity index (χ0) is 10.6. The van der Waals surface area contributed by atoms with Crippen LogP contribution in [0.3, 0.4) is 0 Å². The summed E-state index contributed by atoms with van der Waals surface area (Å²) in [6, 6.07) is 5.13. The molecule has 0 spiro atoms. The van der Waals surface area contributed by atoms with E-state index in [1.165, 1.54) is 0 Å². The zero-order valence-corrected chi connectivity index (χ0v) is 8.89. The molecular weight excluding hydrogens is 225 g/mol. The van der Waals surface area contributed by atoms with Crippen molar-refractivity contribution in [3.63, 3.8) is 0 Å². The van der Waals surface area contributed by atoms with E-state index in [1.54, 1.807) is 18.2 Å². The molecule has 78 valence electrons. The Labute approximate surface area is 92.3 Å². The van der Waals surface area contributed by atoms with Gasteiger partial charge in [0.2, 0.25) is 0 Å². The first-order chi connectivity index (χ1) is 6.65. The Hall–Kier alpha value is -0.480. The number of aliphatic hydroxyl groups is 2. The number of benzene rings is 1. The van der Waals surface area contributed by atoms with Gasteiger partial charge in [0.15, 0.2) is 0 Å². The van der Waals surface area contributed by atoms with E-state index in [9.17, 15) is 0 Å². The maximum atomic E-state index is 9.10. The van der Waals surface area contributed by atoms with E-state index in [1.807, 2.05) is 0 Å². The monoisotopic (exact) mass is 235 g/mol. The Kier molecular flexibility index (Phi) is 4.48. The van der Waals surface area contributed by atoms with Crippen molar-refractivity contribution in [3.05, 3.63) is 28.2 Å². The SMILES string of the molecule is OC[C@@H](O)CNc1c(Cl)cccc1Cl. The van der Waals surface area contributed by atoms with Gasteiger partial charge in [0, 0.05) is 6.54 Å². The average molecular weight is 236 g/mol. The van der Waals surface area contributed by atoms with Crippen LogP contribution >= 0.6 is 23.2 Å². The molecule has 0 amide bonds. The minimum Gasteiger partial charge on any atom is -0.394 e. The molecule has 1 aromatic carbocycles. The molecule has 0 aliphatic carbocycles. The Morgan fingerprint density at radius 3 is 2.36 bits per heavy atom. The highest BCUT2D eigenvalue weighted by molar-refractivity contribution is 6.39. The van der Waals surface area contributed by atoms with Crippen LogP contribution in [-0.2, 0) is 0 Å². The zero-order valence-electron chi connectivity index (χ0n) is 7.37. The van der Waals surface area contributed by atoms with Gasteiger partial charge in [-0.25, -0.2) is 0 Å². The van der Waals surface area contributed by atoms with Crippen LogP contribution in [0.5, 0.6) is 0 Å². The smallest absolute Gasteiger partial charge is 0.0942 e. The van der Waals surface area contributed by atoms with Crippen molar-refractivity contribution in [3.8, 4) is 0 Å². The fourth-order valence-electron chi connectivity index (χ4n) is 0.951.